The number of benzene rings is 1. The van der Waals surface area contributed by atoms with Crippen LogP contribution in [0.5, 0.6) is 11.5 Å². The van der Waals surface area contributed by atoms with Gasteiger partial charge in [-0.25, -0.2) is 0 Å². The van der Waals surface area contributed by atoms with Gasteiger partial charge in [0.15, 0.2) is 11.5 Å². The second-order valence-corrected chi connectivity index (χ2v) is 3.70. The summed E-state index contributed by atoms with van der Waals surface area (Å²) >= 11 is 0. The van der Waals surface area contributed by atoms with Gasteiger partial charge in [-0.3, -0.25) is 4.79 Å². The minimum absolute atomic E-state index is 0.132. The fourth-order valence-electron chi connectivity index (χ4n) is 1.83. The van der Waals surface area contributed by atoms with Gasteiger partial charge in [-0.2, -0.15) is 0 Å². The molecular weight excluding hydrogens is 208 g/mol. The van der Waals surface area contributed by atoms with E-state index in [0.717, 1.165) is 5.56 Å². The lowest BCUT2D eigenvalue weighted by Crippen LogP contribution is -1.99. The van der Waals surface area contributed by atoms with Crippen molar-refractivity contribution in [2.45, 2.75) is 12.3 Å². The average molecular weight is 222 g/mol. The van der Waals surface area contributed by atoms with Gasteiger partial charge in [0.05, 0.1) is 27.2 Å². The highest BCUT2D eigenvalue weighted by molar-refractivity contribution is 5.73. The Morgan fingerprint density at radius 1 is 1.25 bits per heavy atom. The zero-order chi connectivity index (χ0) is 11.5. The van der Waals surface area contributed by atoms with Crippen LogP contribution < -0.4 is 9.47 Å². The quantitative estimate of drug-likeness (QED) is 0.731. The van der Waals surface area contributed by atoms with Crippen LogP contribution in [0.15, 0.2) is 18.2 Å². The van der Waals surface area contributed by atoms with Crippen LogP contribution in [0.4, 0.5) is 0 Å². The maximum Gasteiger partial charge on any atom is 0.306 e. The van der Waals surface area contributed by atoms with Crippen LogP contribution in [0.25, 0.3) is 0 Å². The number of hydrogen-bond acceptors (Lipinski definition) is 4. The van der Waals surface area contributed by atoms with Crippen molar-refractivity contribution in [1.82, 2.24) is 0 Å². The van der Waals surface area contributed by atoms with E-state index in [-0.39, 0.29) is 11.9 Å². The zero-order valence-electron chi connectivity index (χ0n) is 9.36. The van der Waals surface area contributed by atoms with Crippen LogP contribution in [-0.2, 0) is 9.53 Å². The molecule has 0 saturated carbocycles. The molecule has 0 spiro atoms. The Kier molecular flexibility index (Phi) is 2.99. The molecule has 0 aromatic heterocycles. The number of carbonyl (C=O) groups excluding carboxylic acids is 1. The SMILES string of the molecule is COc1ccc([C@@H]2COC(=O)C2)cc1OC. The smallest absolute Gasteiger partial charge is 0.306 e. The summed E-state index contributed by atoms with van der Waals surface area (Å²) in [6.07, 6.45) is 0.440. The minimum Gasteiger partial charge on any atom is -0.493 e. The molecule has 1 saturated heterocycles. The Labute approximate surface area is 94.1 Å². The van der Waals surface area contributed by atoms with Crippen LogP contribution in [0, 0.1) is 0 Å². The van der Waals surface area contributed by atoms with Crippen molar-refractivity contribution in [2.75, 3.05) is 20.8 Å². The van der Waals surface area contributed by atoms with Gasteiger partial charge in [0.2, 0.25) is 0 Å². The van der Waals surface area contributed by atoms with Crippen LogP contribution in [-0.4, -0.2) is 26.8 Å². The van der Waals surface area contributed by atoms with E-state index in [9.17, 15) is 4.79 Å². The Bertz CT molecular complexity index is 400. The maximum absolute atomic E-state index is 11.0. The first-order valence-electron chi connectivity index (χ1n) is 5.12. The summed E-state index contributed by atoms with van der Waals surface area (Å²) in [5.74, 6) is 1.36. The fourth-order valence-corrected chi connectivity index (χ4v) is 1.83. The second-order valence-electron chi connectivity index (χ2n) is 3.70. The van der Waals surface area contributed by atoms with Crippen molar-refractivity contribution < 1.29 is 19.0 Å². The molecule has 0 N–H and O–H groups in total. The number of rotatable bonds is 3. The molecule has 0 unspecified atom stereocenters. The molecule has 1 aliphatic heterocycles. The highest BCUT2D eigenvalue weighted by Gasteiger charge is 2.25. The molecule has 0 radical (unpaired) electrons. The van der Waals surface area contributed by atoms with E-state index in [1.165, 1.54) is 0 Å². The summed E-state index contributed by atoms with van der Waals surface area (Å²) in [5.41, 5.74) is 1.04. The summed E-state index contributed by atoms with van der Waals surface area (Å²) in [6.45, 7) is 0.453. The molecule has 1 heterocycles. The van der Waals surface area contributed by atoms with Crippen molar-refractivity contribution in [1.29, 1.82) is 0 Å². The Morgan fingerprint density at radius 2 is 2.00 bits per heavy atom. The number of cyclic esters (lactones) is 1. The molecule has 4 nitrogen and oxygen atoms in total. The van der Waals surface area contributed by atoms with Crippen LogP contribution >= 0.6 is 0 Å². The monoisotopic (exact) mass is 222 g/mol. The first-order valence-corrected chi connectivity index (χ1v) is 5.12. The van der Waals surface area contributed by atoms with Crippen molar-refractivity contribution in [3.63, 3.8) is 0 Å². The van der Waals surface area contributed by atoms with Gasteiger partial charge in [0, 0.05) is 5.92 Å². The molecule has 86 valence electrons. The molecule has 1 atom stereocenters. The van der Waals surface area contributed by atoms with E-state index < -0.39 is 0 Å². The molecule has 2 rings (SSSR count). The standard InChI is InChI=1S/C12H14O4/c1-14-10-4-3-8(5-11(10)15-2)9-6-12(13)16-7-9/h3-5,9H,6-7H2,1-2H3/t9-/m0/s1. The van der Waals surface area contributed by atoms with Gasteiger partial charge >= 0.3 is 5.97 Å². The first kappa shape index (κ1) is 10.8. The van der Waals surface area contributed by atoms with Crippen molar-refractivity contribution in [2.24, 2.45) is 0 Å². The third-order valence-electron chi connectivity index (χ3n) is 2.74. The molecule has 0 aliphatic carbocycles. The number of ether oxygens (including phenoxy) is 3. The minimum atomic E-state index is -0.139. The van der Waals surface area contributed by atoms with Crippen LogP contribution in [0.2, 0.25) is 0 Å². The summed E-state index contributed by atoms with van der Waals surface area (Å²) in [4.78, 5) is 11.0. The Hall–Kier alpha value is -1.71. The number of hydrogen-bond donors (Lipinski definition) is 0. The molecule has 0 amide bonds. The average Bonchev–Trinajstić information content (AvgIpc) is 2.75. The normalized spacial score (nSPS) is 19.4. The van der Waals surface area contributed by atoms with Crippen LogP contribution in [0.1, 0.15) is 17.9 Å². The molecular formula is C12H14O4. The molecule has 1 aromatic rings. The van der Waals surface area contributed by atoms with Crippen LogP contribution in [0.3, 0.4) is 0 Å². The fraction of sp³-hybridized carbons (Fsp3) is 0.417. The third kappa shape index (κ3) is 1.96. The van der Waals surface area contributed by atoms with Gasteiger partial charge in [-0.05, 0) is 17.7 Å². The highest BCUT2D eigenvalue weighted by Crippen LogP contribution is 2.33. The molecule has 16 heavy (non-hydrogen) atoms. The molecule has 1 fully saturated rings. The van der Waals surface area contributed by atoms with Gasteiger partial charge in [-0.15, -0.1) is 0 Å². The van der Waals surface area contributed by atoms with Gasteiger partial charge in [0.25, 0.3) is 0 Å². The first-order chi connectivity index (χ1) is 7.74. The second kappa shape index (κ2) is 4.43. The predicted octanol–water partition coefficient (Wildman–Crippen LogP) is 1.73. The molecule has 1 aromatic carbocycles. The number of methoxy groups -OCH3 is 2. The lowest BCUT2D eigenvalue weighted by molar-refractivity contribution is -0.137. The zero-order valence-corrected chi connectivity index (χ0v) is 9.36. The topological polar surface area (TPSA) is 44.8 Å². The van der Waals surface area contributed by atoms with E-state index in [2.05, 4.69) is 0 Å². The molecule has 0 bridgehead atoms. The van der Waals surface area contributed by atoms with Gasteiger partial charge < -0.3 is 14.2 Å². The Balaban J connectivity index is 2.25. The molecule has 1 aliphatic rings. The summed E-state index contributed by atoms with van der Waals surface area (Å²) in [6, 6.07) is 5.68. The predicted molar refractivity (Wildman–Crippen MR) is 57.9 cm³/mol. The van der Waals surface area contributed by atoms with E-state index in [1.807, 2.05) is 18.2 Å². The van der Waals surface area contributed by atoms with Crippen molar-refractivity contribution in [3.05, 3.63) is 23.8 Å². The summed E-state index contributed by atoms with van der Waals surface area (Å²) in [5, 5.41) is 0. The summed E-state index contributed by atoms with van der Waals surface area (Å²) < 4.78 is 15.3. The largest absolute Gasteiger partial charge is 0.493 e. The van der Waals surface area contributed by atoms with E-state index >= 15 is 0 Å². The maximum atomic E-state index is 11.0. The Morgan fingerprint density at radius 3 is 2.56 bits per heavy atom. The van der Waals surface area contributed by atoms with E-state index in [4.69, 9.17) is 14.2 Å². The molecule has 4 heteroatoms. The van der Waals surface area contributed by atoms with E-state index in [1.54, 1.807) is 14.2 Å². The van der Waals surface area contributed by atoms with E-state index in [0.29, 0.717) is 24.5 Å². The van der Waals surface area contributed by atoms with Crippen molar-refractivity contribution in [3.8, 4) is 11.5 Å². The lowest BCUT2D eigenvalue weighted by Gasteiger charge is -2.11. The van der Waals surface area contributed by atoms with Crippen molar-refractivity contribution >= 4 is 5.97 Å². The van der Waals surface area contributed by atoms with Gasteiger partial charge in [-0.1, -0.05) is 6.07 Å². The highest BCUT2D eigenvalue weighted by atomic mass is 16.5. The summed E-state index contributed by atoms with van der Waals surface area (Å²) in [7, 11) is 3.19. The number of esters is 1. The third-order valence-corrected chi connectivity index (χ3v) is 2.74. The lowest BCUT2D eigenvalue weighted by atomic mass is 9.98. The van der Waals surface area contributed by atoms with Gasteiger partial charge in [0.1, 0.15) is 0 Å². The number of carbonyl (C=O) groups is 1.